The zero-order valence-corrected chi connectivity index (χ0v) is 15.4. The van der Waals surface area contributed by atoms with Crippen molar-refractivity contribution in [1.29, 1.82) is 0 Å². The Bertz CT molecular complexity index is 880. The SMILES string of the molecule is CCN(CC)S(=O)(=O)c1cc(NC(=O)c2ccccc2O)ccc1Cl. The second kappa shape index (κ2) is 7.86. The van der Waals surface area contributed by atoms with E-state index in [1.165, 1.54) is 34.6 Å². The van der Waals surface area contributed by atoms with Crippen molar-refractivity contribution in [3.63, 3.8) is 0 Å². The van der Waals surface area contributed by atoms with E-state index in [9.17, 15) is 18.3 Å². The first kappa shape index (κ1) is 19.2. The number of nitrogens with one attached hydrogen (secondary N) is 1. The second-order valence-corrected chi connectivity index (χ2v) is 7.52. The van der Waals surface area contributed by atoms with Crippen LogP contribution in [0.4, 0.5) is 5.69 Å². The molecule has 0 heterocycles. The lowest BCUT2D eigenvalue weighted by atomic mass is 10.2. The van der Waals surface area contributed by atoms with Crippen molar-refractivity contribution in [3.8, 4) is 5.75 Å². The van der Waals surface area contributed by atoms with Crippen LogP contribution in [0.25, 0.3) is 0 Å². The third kappa shape index (κ3) is 4.12. The fourth-order valence-electron chi connectivity index (χ4n) is 2.35. The number of amides is 1. The van der Waals surface area contributed by atoms with Crippen molar-refractivity contribution in [2.75, 3.05) is 18.4 Å². The number of anilines is 1. The lowest BCUT2D eigenvalue weighted by Crippen LogP contribution is -2.30. The summed E-state index contributed by atoms with van der Waals surface area (Å²) in [6.07, 6.45) is 0. The average molecular weight is 383 g/mol. The molecule has 0 fully saturated rings. The van der Waals surface area contributed by atoms with Gasteiger partial charge in [-0.3, -0.25) is 4.79 Å². The van der Waals surface area contributed by atoms with E-state index >= 15 is 0 Å². The Hall–Kier alpha value is -2.09. The summed E-state index contributed by atoms with van der Waals surface area (Å²) in [7, 11) is -3.76. The number of carbonyl (C=O) groups is 1. The molecule has 134 valence electrons. The van der Waals surface area contributed by atoms with E-state index in [1.807, 2.05) is 0 Å². The molecule has 0 saturated carbocycles. The number of sulfonamides is 1. The highest BCUT2D eigenvalue weighted by atomic mass is 35.5. The molecule has 2 N–H and O–H groups in total. The molecule has 0 aliphatic carbocycles. The molecular formula is C17H19ClN2O4S. The van der Waals surface area contributed by atoms with Gasteiger partial charge in [0, 0.05) is 18.8 Å². The van der Waals surface area contributed by atoms with Crippen molar-refractivity contribution in [2.45, 2.75) is 18.7 Å². The first-order chi connectivity index (χ1) is 11.8. The number of nitrogens with zero attached hydrogens (tertiary/aromatic N) is 1. The van der Waals surface area contributed by atoms with Crippen LogP contribution in [-0.4, -0.2) is 36.8 Å². The van der Waals surface area contributed by atoms with Crippen molar-refractivity contribution >= 4 is 33.2 Å². The second-order valence-electron chi connectivity index (χ2n) is 5.21. The number of benzene rings is 2. The molecule has 0 aliphatic rings. The molecule has 0 aromatic heterocycles. The Balaban J connectivity index is 2.37. The van der Waals surface area contributed by atoms with Gasteiger partial charge in [0.05, 0.1) is 10.6 Å². The zero-order chi connectivity index (χ0) is 18.6. The van der Waals surface area contributed by atoms with Crippen LogP contribution < -0.4 is 5.32 Å². The lowest BCUT2D eigenvalue weighted by molar-refractivity contribution is 0.102. The van der Waals surface area contributed by atoms with E-state index in [-0.39, 0.29) is 26.9 Å². The molecule has 8 heteroatoms. The molecule has 6 nitrogen and oxygen atoms in total. The molecule has 2 rings (SSSR count). The van der Waals surface area contributed by atoms with Crippen molar-refractivity contribution in [1.82, 2.24) is 4.31 Å². The predicted molar refractivity (Wildman–Crippen MR) is 97.6 cm³/mol. The highest BCUT2D eigenvalue weighted by Gasteiger charge is 2.25. The Morgan fingerprint density at radius 2 is 1.80 bits per heavy atom. The first-order valence-corrected chi connectivity index (χ1v) is 9.52. The molecule has 0 unspecified atom stereocenters. The minimum atomic E-state index is -3.76. The van der Waals surface area contributed by atoms with E-state index in [4.69, 9.17) is 11.6 Å². The van der Waals surface area contributed by atoms with E-state index in [0.717, 1.165) is 0 Å². The molecule has 25 heavy (non-hydrogen) atoms. The Labute approximate surface area is 152 Å². The van der Waals surface area contributed by atoms with Gasteiger partial charge in [0.1, 0.15) is 10.6 Å². The van der Waals surface area contributed by atoms with E-state index < -0.39 is 15.9 Å². The molecule has 0 spiro atoms. The number of phenols is 1. The van der Waals surface area contributed by atoms with E-state index in [2.05, 4.69) is 5.32 Å². The minimum absolute atomic E-state index is 0.0760. The summed E-state index contributed by atoms with van der Waals surface area (Å²) in [4.78, 5) is 12.2. The maximum Gasteiger partial charge on any atom is 0.259 e. The summed E-state index contributed by atoms with van der Waals surface area (Å²) < 4.78 is 26.6. The molecule has 0 aliphatic heterocycles. The predicted octanol–water partition coefficient (Wildman–Crippen LogP) is 3.33. The molecular weight excluding hydrogens is 364 g/mol. The summed E-state index contributed by atoms with van der Waals surface area (Å²) in [5.41, 5.74) is 0.356. The quantitative estimate of drug-likeness (QED) is 0.802. The van der Waals surface area contributed by atoms with Gasteiger partial charge in [-0.2, -0.15) is 4.31 Å². The molecule has 1 amide bonds. The molecule has 0 bridgehead atoms. The Morgan fingerprint density at radius 1 is 1.16 bits per heavy atom. The third-order valence-corrected chi connectivity index (χ3v) is 6.19. The van der Waals surface area contributed by atoms with Crippen LogP contribution in [-0.2, 0) is 10.0 Å². The normalized spacial score (nSPS) is 11.5. The zero-order valence-electron chi connectivity index (χ0n) is 13.9. The van der Waals surface area contributed by atoms with Gasteiger partial charge in [-0.05, 0) is 30.3 Å². The molecule has 2 aromatic carbocycles. The van der Waals surface area contributed by atoms with Gasteiger partial charge in [-0.1, -0.05) is 37.6 Å². The first-order valence-electron chi connectivity index (χ1n) is 7.70. The van der Waals surface area contributed by atoms with Crippen LogP contribution in [0.1, 0.15) is 24.2 Å². The minimum Gasteiger partial charge on any atom is -0.507 e. The summed E-state index contributed by atoms with van der Waals surface area (Å²) >= 11 is 6.06. The van der Waals surface area contributed by atoms with Crippen LogP contribution in [0.2, 0.25) is 5.02 Å². The number of para-hydroxylation sites is 1. The van der Waals surface area contributed by atoms with Crippen molar-refractivity contribution in [3.05, 3.63) is 53.1 Å². The van der Waals surface area contributed by atoms with Crippen LogP contribution in [0.15, 0.2) is 47.4 Å². The molecule has 0 saturated heterocycles. The van der Waals surface area contributed by atoms with Gasteiger partial charge in [0.25, 0.3) is 5.91 Å². The number of carbonyl (C=O) groups excluding carboxylic acids is 1. The monoisotopic (exact) mass is 382 g/mol. The third-order valence-electron chi connectivity index (χ3n) is 3.66. The standard InChI is InChI=1S/C17H19ClN2O4S/c1-3-20(4-2)25(23,24)16-11-12(9-10-14(16)18)19-17(22)13-7-5-6-8-15(13)21/h5-11,21H,3-4H2,1-2H3,(H,19,22). The fourth-order valence-corrected chi connectivity index (χ4v) is 4.30. The van der Waals surface area contributed by atoms with Gasteiger partial charge in [0.15, 0.2) is 0 Å². The summed E-state index contributed by atoms with van der Waals surface area (Å²) in [5, 5.41) is 12.4. The topological polar surface area (TPSA) is 86.7 Å². The number of rotatable bonds is 6. The number of hydrogen-bond acceptors (Lipinski definition) is 4. The summed E-state index contributed by atoms with van der Waals surface area (Å²) in [6.45, 7) is 4.09. The van der Waals surface area contributed by atoms with Gasteiger partial charge in [0.2, 0.25) is 10.0 Å². The number of phenolic OH excluding ortho intramolecular Hbond substituents is 1. The molecule has 2 aromatic rings. The van der Waals surface area contributed by atoms with Gasteiger partial charge in [-0.15, -0.1) is 0 Å². The van der Waals surface area contributed by atoms with Gasteiger partial charge >= 0.3 is 0 Å². The average Bonchev–Trinajstić information content (AvgIpc) is 2.57. The van der Waals surface area contributed by atoms with Crippen LogP contribution >= 0.6 is 11.6 Å². The smallest absolute Gasteiger partial charge is 0.259 e. The van der Waals surface area contributed by atoms with Crippen molar-refractivity contribution < 1.29 is 18.3 Å². The fraction of sp³-hybridized carbons (Fsp3) is 0.235. The maximum atomic E-state index is 12.7. The van der Waals surface area contributed by atoms with Crippen LogP contribution in [0, 0.1) is 0 Å². The molecule has 0 atom stereocenters. The maximum absolute atomic E-state index is 12.7. The Morgan fingerprint density at radius 3 is 2.40 bits per heavy atom. The van der Waals surface area contributed by atoms with Crippen molar-refractivity contribution in [2.24, 2.45) is 0 Å². The molecule has 0 radical (unpaired) electrons. The summed E-state index contributed by atoms with van der Waals surface area (Å²) in [6, 6.07) is 10.3. The largest absolute Gasteiger partial charge is 0.507 e. The highest BCUT2D eigenvalue weighted by Crippen LogP contribution is 2.28. The number of hydrogen-bond donors (Lipinski definition) is 2. The number of halogens is 1. The lowest BCUT2D eigenvalue weighted by Gasteiger charge is -2.19. The van der Waals surface area contributed by atoms with Crippen LogP contribution in [0.3, 0.4) is 0 Å². The van der Waals surface area contributed by atoms with Crippen LogP contribution in [0.5, 0.6) is 5.75 Å². The summed E-state index contributed by atoms with van der Waals surface area (Å²) in [5.74, 6) is -0.712. The highest BCUT2D eigenvalue weighted by molar-refractivity contribution is 7.89. The van der Waals surface area contributed by atoms with E-state index in [0.29, 0.717) is 13.1 Å². The van der Waals surface area contributed by atoms with Gasteiger partial charge in [-0.25, -0.2) is 8.42 Å². The van der Waals surface area contributed by atoms with E-state index in [1.54, 1.807) is 26.0 Å². The number of aromatic hydroxyl groups is 1. The Kier molecular flexibility index (Phi) is 6.05. The van der Waals surface area contributed by atoms with Gasteiger partial charge < -0.3 is 10.4 Å².